The molecule has 3 aliphatic rings. The van der Waals surface area contributed by atoms with Gasteiger partial charge in [-0.1, -0.05) is 40.0 Å². The van der Waals surface area contributed by atoms with Crippen molar-refractivity contribution >= 4 is 0 Å². The Labute approximate surface area is 107 Å². The standard InChI is InChI=1S/C12H20N6/c1-5-6-7-8-9(2,3)10(4)11(14-13-10)12(16-15-11)17-18-12/h5-8H2,1-4H3. The fraction of sp³-hybridized carbons (Fsp3) is 1.00. The van der Waals surface area contributed by atoms with Crippen molar-refractivity contribution in [2.24, 2.45) is 36.1 Å². The Kier molecular flexibility index (Phi) is 2.12. The summed E-state index contributed by atoms with van der Waals surface area (Å²) in [4.78, 5) is 0. The van der Waals surface area contributed by atoms with E-state index >= 15 is 0 Å². The van der Waals surface area contributed by atoms with Crippen molar-refractivity contribution in [3.63, 3.8) is 0 Å². The van der Waals surface area contributed by atoms with Gasteiger partial charge in [0.2, 0.25) is 0 Å². The lowest BCUT2D eigenvalue weighted by Gasteiger charge is -2.56. The minimum absolute atomic E-state index is 0.0317. The van der Waals surface area contributed by atoms with Gasteiger partial charge in [0.1, 0.15) is 5.54 Å². The fourth-order valence-corrected chi connectivity index (χ4v) is 2.93. The average molecular weight is 248 g/mol. The van der Waals surface area contributed by atoms with Crippen LogP contribution in [0, 0.1) is 5.41 Å². The molecule has 2 spiro atoms. The number of nitrogens with zero attached hydrogens (tertiary/aromatic N) is 6. The van der Waals surface area contributed by atoms with Gasteiger partial charge in [0, 0.05) is 0 Å². The Balaban J connectivity index is 1.80. The molecule has 0 amide bonds. The van der Waals surface area contributed by atoms with Gasteiger partial charge in [-0.15, -0.1) is 20.5 Å². The van der Waals surface area contributed by atoms with Crippen molar-refractivity contribution in [1.82, 2.24) is 0 Å². The van der Waals surface area contributed by atoms with Gasteiger partial charge < -0.3 is 0 Å². The minimum Gasteiger partial charge on any atom is -0.179 e. The molecule has 0 aliphatic carbocycles. The van der Waals surface area contributed by atoms with Crippen LogP contribution >= 0.6 is 0 Å². The predicted molar refractivity (Wildman–Crippen MR) is 66.4 cm³/mol. The molecule has 3 heterocycles. The largest absolute Gasteiger partial charge is 0.349 e. The smallest absolute Gasteiger partial charge is 0.179 e. The maximum atomic E-state index is 4.41. The Morgan fingerprint density at radius 2 is 1.50 bits per heavy atom. The summed E-state index contributed by atoms with van der Waals surface area (Å²) in [5.74, 6) is -0.703. The molecule has 0 radical (unpaired) electrons. The number of unbranched alkanes of at least 4 members (excludes halogenated alkanes) is 2. The van der Waals surface area contributed by atoms with E-state index in [1.54, 1.807) is 0 Å². The normalized spacial score (nSPS) is 38.0. The van der Waals surface area contributed by atoms with Crippen molar-refractivity contribution in [1.29, 1.82) is 0 Å². The fourth-order valence-electron chi connectivity index (χ4n) is 2.93. The van der Waals surface area contributed by atoms with Gasteiger partial charge in [-0.05, 0) is 18.8 Å². The SMILES string of the molecule is CCCCCC(C)(C)C1(C)N=NC12N=NC21N=N1. The molecule has 0 bridgehead atoms. The third-order valence-corrected chi connectivity index (χ3v) is 4.89. The molecule has 0 aromatic carbocycles. The van der Waals surface area contributed by atoms with Gasteiger partial charge in [-0.25, -0.2) is 0 Å². The first-order valence-corrected chi connectivity index (χ1v) is 6.75. The summed E-state index contributed by atoms with van der Waals surface area (Å²) >= 11 is 0. The molecule has 2 atom stereocenters. The second-order valence-electron chi connectivity index (χ2n) is 6.32. The second-order valence-corrected chi connectivity index (χ2v) is 6.32. The van der Waals surface area contributed by atoms with E-state index in [0.717, 1.165) is 6.42 Å². The lowest BCUT2D eigenvalue weighted by Crippen LogP contribution is -2.71. The number of hydrogen-bond donors (Lipinski definition) is 0. The second kappa shape index (κ2) is 3.22. The highest BCUT2D eigenvalue weighted by Gasteiger charge is 2.83. The van der Waals surface area contributed by atoms with Gasteiger partial charge in [0.25, 0.3) is 5.66 Å². The molecule has 18 heavy (non-hydrogen) atoms. The third kappa shape index (κ3) is 1.09. The summed E-state index contributed by atoms with van der Waals surface area (Å²) in [7, 11) is 0. The molecule has 0 saturated carbocycles. The van der Waals surface area contributed by atoms with Crippen LogP contribution in [-0.4, -0.2) is 17.0 Å². The van der Waals surface area contributed by atoms with Crippen molar-refractivity contribution in [3.05, 3.63) is 0 Å². The maximum Gasteiger partial charge on any atom is 0.349 e. The van der Waals surface area contributed by atoms with E-state index in [1.165, 1.54) is 19.3 Å². The van der Waals surface area contributed by atoms with Crippen molar-refractivity contribution in [3.8, 4) is 0 Å². The molecular weight excluding hydrogens is 228 g/mol. The van der Waals surface area contributed by atoms with Gasteiger partial charge in [-0.3, -0.25) is 0 Å². The van der Waals surface area contributed by atoms with E-state index in [1.807, 2.05) is 0 Å². The summed E-state index contributed by atoms with van der Waals surface area (Å²) in [5, 5.41) is 25.0. The molecule has 0 aromatic rings. The van der Waals surface area contributed by atoms with Crippen LogP contribution in [-0.2, 0) is 0 Å². The van der Waals surface area contributed by atoms with Gasteiger partial charge in [-0.2, -0.15) is 10.2 Å². The highest BCUT2D eigenvalue weighted by Crippen LogP contribution is 2.66. The summed E-state index contributed by atoms with van der Waals surface area (Å²) in [5.41, 5.74) is -0.932. The van der Waals surface area contributed by atoms with E-state index in [2.05, 4.69) is 58.4 Å². The zero-order chi connectivity index (χ0) is 13.1. The molecule has 0 aromatic heterocycles. The van der Waals surface area contributed by atoms with Gasteiger partial charge in [0.05, 0.1) is 0 Å². The molecule has 6 nitrogen and oxygen atoms in total. The summed E-state index contributed by atoms with van der Waals surface area (Å²) in [6, 6.07) is 0. The Morgan fingerprint density at radius 3 is 1.89 bits per heavy atom. The third-order valence-electron chi connectivity index (χ3n) is 4.89. The van der Waals surface area contributed by atoms with Crippen LogP contribution in [0.5, 0.6) is 0 Å². The molecule has 2 unspecified atom stereocenters. The molecule has 98 valence electrons. The van der Waals surface area contributed by atoms with Crippen LogP contribution in [0.4, 0.5) is 0 Å². The topological polar surface area (TPSA) is 74.2 Å². The Bertz CT molecular complexity index is 459. The van der Waals surface area contributed by atoms with E-state index < -0.39 is 11.4 Å². The highest BCUT2D eigenvalue weighted by molar-refractivity contribution is 5.32. The lowest BCUT2D eigenvalue weighted by molar-refractivity contribution is -0.0400. The Morgan fingerprint density at radius 1 is 0.889 bits per heavy atom. The number of azo groups is 2. The molecule has 3 rings (SSSR count). The number of hydrogen-bond acceptors (Lipinski definition) is 6. The van der Waals surface area contributed by atoms with Crippen molar-refractivity contribution < 1.29 is 0 Å². The first-order valence-electron chi connectivity index (χ1n) is 6.75. The molecule has 0 fully saturated rings. The monoisotopic (exact) mass is 248 g/mol. The minimum atomic E-state index is -0.703. The average Bonchev–Trinajstić information content (AvgIpc) is 3.07. The zero-order valence-electron chi connectivity index (χ0n) is 11.5. The first-order chi connectivity index (χ1) is 8.43. The Hall–Kier alpha value is -1.20. The highest BCUT2D eigenvalue weighted by atomic mass is 15.7. The van der Waals surface area contributed by atoms with E-state index in [-0.39, 0.29) is 11.0 Å². The van der Waals surface area contributed by atoms with Gasteiger partial charge >= 0.3 is 5.79 Å². The van der Waals surface area contributed by atoms with Crippen molar-refractivity contribution in [2.45, 2.75) is 70.4 Å². The maximum absolute atomic E-state index is 4.41. The molecule has 3 aliphatic heterocycles. The number of rotatable bonds is 5. The predicted octanol–water partition coefficient (Wildman–Crippen LogP) is 4.10. The molecule has 0 saturated heterocycles. The number of fused-ring (bicyclic) bond motifs is 1. The quantitative estimate of drug-likeness (QED) is 0.657. The van der Waals surface area contributed by atoms with E-state index in [0.29, 0.717) is 0 Å². The first kappa shape index (κ1) is 11.9. The molecule has 0 N–H and O–H groups in total. The van der Waals surface area contributed by atoms with E-state index in [9.17, 15) is 0 Å². The molecular formula is C12H20N6. The lowest BCUT2D eigenvalue weighted by atomic mass is 9.60. The van der Waals surface area contributed by atoms with E-state index in [4.69, 9.17) is 0 Å². The van der Waals surface area contributed by atoms with Crippen LogP contribution in [0.25, 0.3) is 0 Å². The summed E-state index contributed by atoms with van der Waals surface area (Å²) in [6.07, 6.45) is 4.81. The van der Waals surface area contributed by atoms with Crippen LogP contribution in [0.1, 0.15) is 53.4 Å². The van der Waals surface area contributed by atoms with Crippen LogP contribution in [0.15, 0.2) is 30.7 Å². The van der Waals surface area contributed by atoms with Crippen LogP contribution < -0.4 is 0 Å². The summed E-state index contributed by atoms with van der Waals surface area (Å²) in [6.45, 7) is 8.82. The molecule has 6 heteroatoms. The zero-order valence-corrected chi connectivity index (χ0v) is 11.5. The summed E-state index contributed by atoms with van der Waals surface area (Å²) < 4.78 is 0. The van der Waals surface area contributed by atoms with Crippen molar-refractivity contribution in [2.75, 3.05) is 0 Å². The van der Waals surface area contributed by atoms with Crippen LogP contribution in [0.2, 0.25) is 0 Å². The van der Waals surface area contributed by atoms with Crippen LogP contribution in [0.3, 0.4) is 0 Å². The van der Waals surface area contributed by atoms with Gasteiger partial charge in [0.15, 0.2) is 0 Å².